The van der Waals surface area contributed by atoms with E-state index in [-0.39, 0.29) is 28.3 Å². The molecule has 4 aliphatic carbocycles. The molecule has 1 aromatic rings. The first-order valence-electron chi connectivity index (χ1n) is 21.1. The van der Waals surface area contributed by atoms with Crippen LogP contribution in [0, 0.1) is 50.7 Å². The first-order chi connectivity index (χ1) is 25.4. The van der Waals surface area contributed by atoms with E-state index >= 15 is 0 Å². The van der Waals surface area contributed by atoms with Gasteiger partial charge in [-0.15, -0.1) is 6.58 Å². The van der Waals surface area contributed by atoms with Gasteiger partial charge in [0.1, 0.15) is 0 Å². The lowest BCUT2D eigenvalue weighted by molar-refractivity contribution is -0.185. The Morgan fingerprint density at radius 1 is 1.02 bits per heavy atom. The molecule has 0 heterocycles. The summed E-state index contributed by atoms with van der Waals surface area (Å²) in [6.45, 7) is 28.7. The van der Waals surface area contributed by atoms with E-state index in [1.165, 1.54) is 62.6 Å². The van der Waals surface area contributed by atoms with E-state index < -0.39 is 0 Å². The molecule has 306 valence electrons. The van der Waals surface area contributed by atoms with Crippen LogP contribution in [0.25, 0.3) is 0 Å². The summed E-state index contributed by atoms with van der Waals surface area (Å²) in [5.74, 6) is 2.62. The Kier molecular flexibility index (Phi) is 16.2. The maximum atomic E-state index is 12.7. The molecule has 0 amide bonds. The Labute approximate surface area is 336 Å². The van der Waals surface area contributed by atoms with Gasteiger partial charge >= 0.3 is 5.97 Å². The molecule has 1 aromatic carbocycles. The van der Waals surface area contributed by atoms with Crippen molar-refractivity contribution < 1.29 is 14.6 Å². The molecule has 0 saturated heterocycles. The Balaban J connectivity index is 0.000000560. The van der Waals surface area contributed by atoms with E-state index in [9.17, 15) is 4.79 Å². The molecule has 5 rings (SSSR count). The molecule has 0 aliphatic heterocycles. The van der Waals surface area contributed by atoms with Crippen LogP contribution >= 0.6 is 11.6 Å². The van der Waals surface area contributed by atoms with Crippen molar-refractivity contribution in [2.24, 2.45) is 50.7 Å². The van der Waals surface area contributed by atoms with Crippen LogP contribution in [0.1, 0.15) is 145 Å². The second-order valence-electron chi connectivity index (χ2n) is 19.0. The quantitative estimate of drug-likeness (QED) is 0.146. The highest BCUT2D eigenvalue weighted by Crippen LogP contribution is 2.75. The monoisotopic (exact) mass is 767 g/mol. The van der Waals surface area contributed by atoms with Crippen molar-refractivity contribution in [3.8, 4) is 0 Å². The molecule has 3 saturated carbocycles. The van der Waals surface area contributed by atoms with Crippen molar-refractivity contribution in [2.75, 3.05) is 21.2 Å². The van der Waals surface area contributed by atoms with Gasteiger partial charge in [-0.3, -0.25) is 4.79 Å². The second-order valence-corrected chi connectivity index (χ2v) is 19.4. The van der Waals surface area contributed by atoms with Gasteiger partial charge in [-0.25, -0.2) is 0 Å². The first kappa shape index (κ1) is 46.3. The van der Waals surface area contributed by atoms with E-state index in [1.807, 2.05) is 56.8 Å². The van der Waals surface area contributed by atoms with Crippen LogP contribution in [-0.4, -0.2) is 38.4 Å². The first-order valence-corrected chi connectivity index (χ1v) is 21.5. The number of rotatable bonds is 12. The average molecular weight is 768 g/mol. The summed E-state index contributed by atoms with van der Waals surface area (Å²) in [6.07, 6.45) is 17.2. The number of carbonyl (C=O) groups excluding carboxylic acids is 1. The molecular formula is C48H79ClN2O3. The fourth-order valence-electron chi connectivity index (χ4n) is 11.8. The minimum Gasteiger partial charge on any atom is -0.463 e. The Hall–Kier alpha value is -2.08. The fraction of sp³-hybridized carbons (Fsp3) is 0.729. The van der Waals surface area contributed by atoms with E-state index in [0.29, 0.717) is 40.9 Å². The van der Waals surface area contributed by atoms with Gasteiger partial charge in [0, 0.05) is 36.8 Å². The summed E-state index contributed by atoms with van der Waals surface area (Å²) in [7, 11) is 5.07. The maximum absolute atomic E-state index is 12.7. The third-order valence-electron chi connectivity index (χ3n) is 15.3. The summed E-state index contributed by atoms with van der Waals surface area (Å²) >= 11 is 5.69. The number of ether oxygens (including phenoxy) is 1. The average Bonchev–Trinajstić information content (AvgIpc) is 3.53. The highest BCUT2D eigenvalue weighted by atomic mass is 35.5. The van der Waals surface area contributed by atoms with Gasteiger partial charge in [0.05, 0.1) is 12.5 Å². The van der Waals surface area contributed by atoms with E-state index in [2.05, 4.69) is 85.7 Å². The summed E-state index contributed by atoms with van der Waals surface area (Å²) in [4.78, 5) is 12.7. The van der Waals surface area contributed by atoms with Gasteiger partial charge < -0.3 is 20.5 Å². The standard InChI is InChI=1S/C39H65NO2.C8H10ClN.CH4O/c1-13-32(40-12)39-22-19-29(26(3)4)34(39)30-15-16-31-36(9,20-18-28(6)42-33(41)25-35(7,8)14-2)27(5)17-21-38(31,11)37(30,10)23-24-39;1-10-6-7-2-4-8(9)5-3-7;1-2/h13-14,26-28,30-31,40H,2,15-25H2,1,3-12H3;2-5,10H,6H2,1H3;2H,1H3/b32-13-;;. The predicted molar refractivity (Wildman–Crippen MR) is 230 cm³/mol. The molecule has 4 aliphatic rings. The number of aliphatic hydroxyl groups excluding tert-OH is 1. The Morgan fingerprint density at radius 3 is 2.22 bits per heavy atom. The molecule has 5 nitrogen and oxygen atoms in total. The lowest BCUT2D eigenvalue weighted by Gasteiger charge is -2.69. The van der Waals surface area contributed by atoms with Crippen molar-refractivity contribution >= 4 is 17.6 Å². The summed E-state index contributed by atoms with van der Waals surface area (Å²) in [6, 6.07) is 7.82. The largest absolute Gasteiger partial charge is 0.463 e. The van der Waals surface area contributed by atoms with Crippen LogP contribution in [-0.2, 0) is 16.1 Å². The number of carbonyl (C=O) groups is 1. The number of fused-ring (bicyclic) bond motifs is 5. The molecule has 6 heteroatoms. The molecule has 3 fully saturated rings. The summed E-state index contributed by atoms with van der Waals surface area (Å²) < 4.78 is 5.96. The van der Waals surface area contributed by atoms with Crippen molar-refractivity contribution in [1.29, 1.82) is 0 Å². The topological polar surface area (TPSA) is 70.6 Å². The number of benzene rings is 1. The van der Waals surface area contributed by atoms with Crippen LogP contribution in [0.3, 0.4) is 0 Å². The minimum absolute atomic E-state index is 0.0458. The summed E-state index contributed by atoms with van der Waals surface area (Å²) in [5, 5.41) is 14.5. The zero-order valence-electron chi connectivity index (χ0n) is 36.7. The number of allylic oxidation sites excluding steroid dienone is 4. The third-order valence-corrected chi connectivity index (χ3v) is 15.6. The zero-order valence-corrected chi connectivity index (χ0v) is 37.4. The number of aliphatic hydroxyl groups is 1. The number of halogens is 1. The lowest BCUT2D eigenvalue weighted by Crippen LogP contribution is -2.62. The molecule has 0 aromatic heterocycles. The van der Waals surface area contributed by atoms with Gasteiger partial charge in [-0.2, -0.15) is 0 Å². The smallest absolute Gasteiger partial charge is 0.306 e. The van der Waals surface area contributed by atoms with Crippen molar-refractivity contribution in [2.45, 2.75) is 153 Å². The maximum Gasteiger partial charge on any atom is 0.306 e. The zero-order chi connectivity index (χ0) is 40.7. The van der Waals surface area contributed by atoms with Crippen LogP contribution in [0.5, 0.6) is 0 Å². The van der Waals surface area contributed by atoms with Crippen molar-refractivity contribution in [3.05, 3.63) is 70.4 Å². The predicted octanol–water partition coefficient (Wildman–Crippen LogP) is 12.1. The number of hydrogen-bond acceptors (Lipinski definition) is 5. The minimum atomic E-state index is -0.223. The molecule has 0 radical (unpaired) electrons. The molecular weight excluding hydrogens is 688 g/mol. The number of nitrogens with one attached hydrogen (secondary N) is 2. The van der Waals surface area contributed by atoms with Gasteiger partial charge in [0.2, 0.25) is 0 Å². The normalized spacial score (nSPS) is 32.5. The van der Waals surface area contributed by atoms with Crippen LogP contribution in [0.2, 0.25) is 5.02 Å². The van der Waals surface area contributed by atoms with Gasteiger partial charge in [-0.1, -0.05) is 102 Å². The molecule has 3 N–H and O–H groups in total. The molecule has 0 spiro atoms. The van der Waals surface area contributed by atoms with Gasteiger partial charge in [0.15, 0.2) is 0 Å². The second kappa shape index (κ2) is 18.9. The number of hydrogen-bond donors (Lipinski definition) is 3. The van der Waals surface area contributed by atoms with Gasteiger partial charge in [0.25, 0.3) is 0 Å². The Morgan fingerprint density at radius 2 is 1.67 bits per heavy atom. The molecule has 8 unspecified atom stereocenters. The Bertz CT molecular complexity index is 1460. The van der Waals surface area contributed by atoms with Crippen molar-refractivity contribution in [3.63, 3.8) is 0 Å². The van der Waals surface area contributed by atoms with Crippen molar-refractivity contribution in [1.82, 2.24) is 10.6 Å². The lowest BCUT2D eigenvalue weighted by atomic mass is 9.35. The van der Waals surface area contributed by atoms with Crippen LogP contribution < -0.4 is 10.6 Å². The highest BCUT2D eigenvalue weighted by Gasteiger charge is 2.67. The van der Waals surface area contributed by atoms with E-state index in [0.717, 1.165) is 31.5 Å². The number of esters is 1. The van der Waals surface area contributed by atoms with E-state index in [4.69, 9.17) is 21.4 Å². The molecule has 0 bridgehead atoms. The van der Waals surface area contributed by atoms with Crippen LogP contribution in [0.15, 0.2) is 59.8 Å². The SMILES string of the molecule is C=CC(C)(C)CC(=O)OC(C)CCC1(C)C(C)CCC2(C)C1CCC1C3=C(C(C)C)CCC3(/C(=C/C)NC)CCC12C.CNCc1ccc(Cl)cc1.CO. The van der Waals surface area contributed by atoms with E-state index in [1.54, 1.807) is 5.57 Å². The molecule has 8 atom stereocenters. The van der Waals surface area contributed by atoms with Gasteiger partial charge in [-0.05, 0) is 148 Å². The highest BCUT2D eigenvalue weighted by molar-refractivity contribution is 6.30. The van der Waals surface area contributed by atoms with Crippen LogP contribution in [0.4, 0.5) is 0 Å². The fourth-order valence-corrected chi connectivity index (χ4v) is 11.9. The third kappa shape index (κ3) is 9.21. The molecule has 54 heavy (non-hydrogen) atoms. The summed E-state index contributed by atoms with van der Waals surface area (Å²) in [5.41, 5.74) is 7.28.